The molecule has 0 aromatic heterocycles. The second-order valence-electron chi connectivity index (χ2n) is 5.73. The van der Waals surface area contributed by atoms with Gasteiger partial charge in [-0.1, -0.05) is 15.9 Å². The Hall–Kier alpha value is -1.66. The Bertz CT molecular complexity index is 793. The number of aryl methyl sites for hydroxylation is 3. The zero-order valence-electron chi connectivity index (χ0n) is 15.0. The van der Waals surface area contributed by atoms with E-state index in [1.807, 2.05) is 26.8 Å². The fourth-order valence-corrected chi connectivity index (χ4v) is 3.72. The molecule has 0 aliphatic rings. The third-order valence-corrected chi connectivity index (χ3v) is 5.83. The van der Waals surface area contributed by atoms with Crippen LogP contribution in [0.4, 0.5) is 5.69 Å². The fraction of sp³-hybridized carbons (Fsp3) is 0.316. The molecule has 0 spiro atoms. The van der Waals surface area contributed by atoms with E-state index in [-0.39, 0.29) is 5.91 Å². The zero-order valence-corrected chi connectivity index (χ0v) is 17.4. The molecule has 4 nitrogen and oxygen atoms in total. The highest BCUT2D eigenvalue weighted by Gasteiger charge is 2.12. The fourth-order valence-electron chi connectivity index (χ4n) is 2.35. The van der Waals surface area contributed by atoms with E-state index < -0.39 is 0 Å². The molecule has 0 fully saturated rings. The van der Waals surface area contributed by atoms with Crippen LogP contribution in [0.3, 0.4) is 0 Å². The monoisotopic (exact) mass is 423 g/mol. The first-order valence-corrected chi connectivity index (χ1v) is 9.55. The number of anilines is 1. The molecule has 1 amide bonds. The molecule has 2 aromatic carbocycles. The van der Waals surface area contributed by atoms with Crippen molar-refractivity contribution in [2.75, 3.05) is 25.3 Å². The van der Waals surface area contributed by atoms with Gasteiger partial charge in [0.1, 0.15) is 0 Å². The summed E-state index contributed by atoms with van der Waals surface area (Å²) >= 11 is 5.06. The molecule has 0 saturated carbocycles. The first-order chi connectivity index (χ1) is 11.8. The van der Waals surface area contributed by atoms with Crippen molar-refractivity contribution >= 4 is 39.3 Å². The van der Waals surface area contributed by atoms with E-state index in [4.69, 9.17) is 9.47 Å². The van der Waals surface area contributed by atoms with Crippen molar-refractivity contribution in [3.05, 3.63) is 45.4 Å². The van der Waals surface area contributed by atoms with Gasteiger partial charge in [0.25, 0.3) is 0 Å². The van der Waals surface area contributed by atoms with Crippen LogP contribution in [0.15, 0.2) is 33.6 Å². The topological polar surface area (TPSA) is 47.6 Å². The van der Waals surface area contributed by atoms with Crippen molar-refractivity contribution in [2.24, 2.45) is 0 Å². The summed E-state index contributed by atoms with van der Waals surface area (Å²) in [5.74, 6) is 1.53. The van der Waals surface area contributed by atoms with Gasteiger partial charge in [0, 0.05) is 21.1 Å². The maximum Gasteiger partial charge on any atom is 0.234 e. The molecule has 6 heteroatoms. The second-order valence-corrected chi connectivity index (χ2v) is 7.60. The number of benzene rings is 2. The van der Waals surface area contributed by atoms with Crippen molar-refractivity contribution < 1.29 is 14.3 Å². The number of ether oxygens (including phenoxy) is 2. The molecule has 2 rings (SSSR count). The molecular formula is C19H22BrNO3S. The third-order valence-electron chi connectivity index (χ3n) is 3.82. The Morgan fingerprint density at radius 2 is 1.64 bits per heavy atom. The molecule has 0 radical (unpaired) electrons. The van der Waals surface area contributed by atoms with E-state index in [1.54, 1.807) is 20.3 Å². The summed E-state index contributed by atoms with van der Waals surface area (Å²) in [6.45, 7) is 6.01. The van der Waals surface area contributed by atoms with Gasteiger partial charge in [0.2, 0.25) is 5.91 Å². The Kier molecular flexibility index (Phi) is 6.79. The summed E-state index contributed by atoms with van der Waals surface area (Å²) in [7, 11) is 3.17. The molecule has 0 bridgehead atoms. The van der Waals surface area contributed by atoms with E-state index in [0.29, 0.717) is 17.3 Å². The average molecular weight is 424 g/mol. The Morgan fingerprint density at radius 1 is 1.00 bits per heavy atom. The Balaban J connectivity index is 2.07. The van der Waals surface area contributed by atoms with E-state index in [9.17, 15) is 4.79 Å². The van der Waals surface area contributed by atoms with Crippen LogP contribution in [0.2, 0.25) is 0 Å². The number of carbonyl (C=O) groups is 1. The van der Waals surface area contributed by atoms with Crippen molar-refractivity contribution in [1.29, 1.82) is 0 Å². The molecule has 0 atom stereocenters. The molecule has 0 saturated heterocycles. The minimum absolute atomic E-state index is 0.0553. The molecule has 2 aromatic rings. The summed E-state index contributed by atoms with van der Waals surface area (Å²) in [4.78, 5) is 13.5. The van der Waals surface area contributed by atoms with Crippen LogP contribution in [0, 0.1) is 20.8 Å². The summed E-state index contributed by atoms with van der Waals surface area (Å²) in [5, 5.41) is 2.95. The highest BCUT2D eigenvalue weighted by Crippen LogP contribution is 2.33. The number of hydrogen-bond acceptors (Lipinski definition) is 4. The predicted octanol–water partition coefficient (Wildman–Crippen LogP) is 5.12. The van der Waals surface area contributed by atoms with Crippen LogP contribution in [0.5, 0.6) is 11.5 Å². The van der Waals surface area contributed by atoms with Gasteiger partial charge in [-0.05, 0) is 55.7 Å². The summed E-state index contributed by atoms with van der Waals surface area (Å²) in [5.41, 5.74) is 3.96. The molecule has 0 aliphatic carbocycles. The van der Waals surface area contributed by atoms with Gasteiger partial charge >= 0.3 is 0 Å². The predicted molar refractivity (Wildman–Crippen MR) is 107 cm³/mol. The number of hydrogen-bond donors (Lipinski definition) is 1. The first-order valence-electron chi connectivity index (χ1n) is 7.77. The summed E-state index contributed by atoms with van der Waals surface area (Å²) in [6, 6.07) is 7.81. The Morgan fingerprint density at radius 3 is 2.28 bits per heavy atom. The normalized spacial score (nSPS) is 10.5. The van der Waals surface area contributed by atoms with E-state index >= 15 is 0 Å². The van der Waals surface area contributed by atoms with Crippen LogP contribution >= 0.6 is 27.7 Å². The van der Waals surface area contributed by atoms with Gasteiger partial charge in [-0.25, -0.2) is 0 Å². The van der Waals surface area contributed by atoms with Crippen LogP contribution in [0.1, 0.15) is 16.7 Å². The van der Waals surface area contributed by atoms with E-state index in [1.165, 1.54) is 11.8 Å². The van der Waals surface area contributed by atoms with Crippen LogP contribution in [-0.4, -0.2) is 25.9 Å². The number of nitrogens with one attached hydrogen (secondary N) is 1. The third kappa shape index (κ3) is 4.92. The summed E-state index contributed by atoms with van der Waals surface area (Å²) < 4.78 is 11.7. The lowest BCUT2D eigenvalue weighted by Gasteiger charge is -2.14. The van der Waals surface area contributed by atoms with Gasteiger partial charge in [-0.3, -0.25) is 4.79 Å². The number of amides is 1. The lowest BCUT2D eigenvalue weighted by molar-refractivity contribution is -0.113. The minimum Gasteiger partial charge on any atom is -0.493 e. The van der Waals surface area contributed by atoms with Gasteiger partial charge < -0.3 is 14.8 Å². The lowest BCUT2D eigenvalue weighted by Crippen LogP contribution is -2.15. The van der Waals surface area contributed by atoms with Crippen molar-refractivity contribution in [3.8, 4) is 11.5 Å². The van der Waals surface area contributed by atoms with Crippen LogP contribution in [0.25, 0.3) is 0 Å². The molecule has 0 unspecified atom stereocenters. The smallest absolute Gasteiger partial charge is 0.234 e. The lowest BCUT2D eigenvalue weighted by atomic mass is 10.1. The van der Waals surface area contributed by atoms with Gasteiger partial charge in [-0.15, -0.1) is 11.8 Å². The molecule has 25 heavy (non-hydrogen) atoms. The van der Waals surface area contributed by atoms with Gasteiger partial charge in [-0.2, -0.15) is 0 Å². The molecular weight excluding hydrogens is 402 g/mol. The van der Waals surface area contributed by atoms with E-state index in [2.05, 4.69) is 33.4 Å². The highest BCUT2D eigenvalue weighted by molar-refractivity contribution is 9.10. The van der Waals surface area contributed by atoms with Crippen LogP contribution < -0.4 is 14.8 Å². The van der Waals surface area contributed by atoms with Gasteiger partial charge in [0.15, 0.2) is 11.5 Å². The number of carbonyl (C=O) groups excluding carboxylic acids is 1. The molecule has 1 N–H and O–H groups in total. The quantitative estimate of drug-likeness (QED) is 0.654. The largest absolute Gasteiger partial charge is 0.493 e. The standard InChI is InChI=1S/C19H22BrNO3S/c1-11-8-18(13(3)6-14(11)20)25-10-19(22)21-15-9-17(24-5)16(23-4)7-12(15)2/h6-9H,10H2,1-5H3,(H,21,22). The second kappa shape index (κ2) is 8.63. The maximum absolute atomic E-state index is 12.3. The number of methoxy groups -OCH3 is 2. The average Bonchev–Trinajstić information content (AvgIpc) is 2.58. The minimum atomic E-state index is -0.0553. The SMILES string of the molecule is COc1cc(C)c(NC(=O)CSc2cc(C)c(Br)cc2C)cc1OC. The van der Waals surface area contributed by atoms with Crippen LogP contribution in [-0.2, 0) is 4.79 Å². The molecule has 0 heterocycles. The number of halogens is 1. The summed E-state index contributed by atoms with van der Waals surface area (Å²) in [6.07, 6.45) is 0. The zero-order chi connectivity index (χ0) is 18.6. The van der Waals surface area contributed by atoms with Gasteiger partial charge in [0.05, 0.1) is 20.0 Å². The molecule has 134 valence electrons. The van der Waals surface area contributed by atoms with Crippen molar-refractivity contribution in [2.45, 2.75) is 25.7 Å². The highest BCUT2D eigenvalue weighted by atomic mass is 79.9. The van der Waals surface area contributed by atoms with Crippen molar-refractivity contribution in [3.63, 3.8) is 0 Å². The maximum atomic E-state index is 12.3. The van der Waals surface area contributed by atoms with Crippen molar-refractivity contribution in [1.82, 2.24) is 0 Å². The number of rotatable bonds is 6. The first kappa shape index (κ1) is 19.7. The Labute approximate surface area is 161 Å². The molecule has 0 aliphatic heterocycles. The number of thioether (sulfide) groups is 1. The van der Waals surface area contributed by atoms with E-state index in [0.717, 1.165) is 31.7 Å².